The van der Waals surface area contributed by atoms with Crippen LogP contribution in [0, 0.1) is 0 Å². The van der Waals surface area contributed by atoms with Gasteiger partial charge >= 0.3 is 12.2 Å². The lowest BCUT2D eigenvalue weighted by atomic mass is 10.2. The normalized spacial score (nSPS) is 11.0. The average Bonchev–Trinajstić information content (AvgIpc) is 2.44. The third-order valence-corrected chi connectivity index (χ3v) is 2.57. The second-order valence-electron chi connectivity index (χ2n) is 4.05. The molecular formula is C14H11F3N2O2. The predicted molar refractivity (Wildman–Crippen MR) is 70.6 cm³/mol. The Morgan fingerprint density at radius 1 is 1.00 bits per heavy atom. The zero-order valence-corrected chi connectivity index (χ0v) is 10.7. The molecule has 7 heteroatoms. The molecule has 2 aromatic rings. The highest BCUT2D eigenvalue weighted by Gasteiger charge is 2.35. The van der Waals surface area contributed by atoms with Crippen molar-refractivity contribution in [1.82, 2.24) is 0 Å². The molecule has 0 heterocycles. The smallest absolute Gasteiger partial charge is 0.370 e. The summed E-state index contributed by atoms with van der Waals surface area (Å²) in [7, 11) is 0. The zero-order chi connectivity index (χ0) is 15.5. The number of benzene rings is 2. The van der Waals surface area contributed by atoms with Crippen LogP contribution in [0.15, 0.2) is 54.6 Å². The molecular weight excluding hydrogens is 285 g/mol. The van der Waals surface area contributed by atoms with E-state index in [4.69, 9.17) is 10.6 Å². The van der Waals surface area contributed by atoms with Gasteiger partial charge in [0.2, 0.25) is 0 Å². The molecule has 0 aliphatic carbocycles. The predicted octanol–water partition coefficient (Wildman–Crippen LogP) is 3.58. The fourth-order valence-corrected chi connectivity index (χ4v) is 1.67. The number of halogens is 3. The molecule has 0 saturated carbocycles. The van der Waals surface area contributed by atoms with Gasteiger partial charge in [-0.1, -0.05) is 30.3 Å². The Morgan fingerprint density at radius 3 is 2.14 bits per heavy atom. The van der Waals surface area contributed by atoms with E-state index in [2.05, 4.69) is 0 Å². The van der Waals surface area contributed by atoms with Gasteiger partial charge in [-0.05, 0) is 24.3 Å². The molecule has 0 unspecified atom stereocenters. The van der Waals surface area contributed by atoms with Crippen molar-refractivity contribution in [3.63, 3.8) is 0 Å². The number of primary amides is 1. The van der Waals surface area contributed by atoms with Crippen LogP contribution in [0.1, 0.15) is 5.56 Å². The first-order valence-electron chi connectivity index (χ1n) is 5.88. The lowest BCUT2D eigenvalue weighted by Crippen LogP contribution is -2.39. The number of anilines is 1. The molecule has 0 atom stereocenters. The van der Waals surface area contributed by atoms with Crippen LogP contribution in [-0.4, -0.2) is 6.03 Å². The van der Waals surface area contributed by atoms with Crippen molar-refractivity contribution < 1.29 is 22.8 Å². The van der Waals surface area contributed by atoms with E-state index in [1.54, 1.807) is 18.2 Å². The van der Waals surface area contributed by atoms with Crippen molar-refractivity contribution in [3.05, 3.63) is 60.2 Å². The van der Waals surface area contributed by atoms with E-state index in [-0.39, 0.29) is 5.69 Å². The number of hydrogen-bond donors (Lipinski definition) is 1. The third-order valence-electron chi connectivity index (χ3n) is 2.57. The Bertz CT molecular complexity index is 630. The lowest BCUT2D eigenvalue weighted by Gasteiger charge is -2.22. The van der Waals surface area contributed by atoms with Gasteiger partial charge < -0.3 is 10.6 Å². The van der Waals surface area contributed by atoms with Gasteiger partial charge in [-0.15, -0.1) is 5.06 Å². The van der Waals surface area contributed by atoms with Crippen LogP contribution < -0.4 is 15.6 Å². The molecule has 0 fully saturated rings. The van der Waals surface area contributed by atoms with Gasteiger partial charge in [0.25, 0.3) is 0 Å². The lowest BCUT2D eigenvalue weighted by molar-refractivity contribution is -0.139. The van der Waals surface area contributed by atoms with Gasteiger partial charge in [0, 0.05) is 0 Å². The number of nitrogens with two attached hydrogens (primary N) is 1. The van der Waals surface area contributed by atoms with Crippen LogP contribution in [0.25, 0.3) is 0 Å². The summed E-state index contributed by atoms with van der Waals surface area (Å²) in [5.41, 5.74) is 4.39. The summed E-state index contributed by atoms with van der Waals surface area (Å²) in [4.78, 5) is 16.5. The maximum absolute atomic E-state index is 12.9. The van der Waals surface area contributed by atoms with Crippen molar-refractivity contribution in [2.24, 2.45) is 5.73 Å². The number of urea groups is 1. The molecule has 0 aromatic heterocycles. The van der Waals surface area contributed by atoms with Gasteiger partial charge in [0.05, 0.1) is 5.69 Å². The van der Waals surface area contributed by atoms with Crippen LogP contribution in [-0.2, 0) is 6.18 Å². The zero-order valence-electron chi connectivity index (χ0n) is 10.7. The maximum Gasteiger partial charge on any atom is 0.420 e. The Balaban J connectivity index is 2.37. The topological polar surface area (TPSA) is 55.6 Å². The molecule has 2 N–H and O–H groups in total. The van der Waals surface area contributed by atoms with Crippen LogP contribution in [0.3, 0.4) is 0 Å². The van der Waals surface area contributed by atoms with E-state index in [1.165, 1.54) is 24.3 Å². The summed E-state index contributed by atoms with van der Waals surface area (Å²) in [5.74, 6) is -0.507. The van der Waals surface area contributed by atoms with Crippen LogP contribution in [0.4, 0.5) is 23.7 Å². The molecule has 2 rings (SSSR count). The minimum Gasteiger partial charge on any atom is -0.370 e. The number of nitrogens with zero attached hydrogens (tertiary/aromatic N) is 1. The van der Waals surface area contributed by atoms with Crippen LogP contribution in [0.5, 0.6) is 5.75 Å². The molecule has 4 nitrogen and oxygen atoms in total. The summed E-state index contributed by atoms with van der Waals surface area (Å²) in [6, 6.07) is 11.4. The molecule has 2 aromatic carbocycles. The largest absolute Gasteiger partial charge is 0.420 e. The van der Waals surface area contributed by atoms with E-state index in [1.807, 2.05) is 0 Å². The molecule has 0 aliphatic rings. The Kier molecular flexibility index (Phi) is 4.02. The molecule has 2 amide bonds. The fraction of sp³-hybridized carbons (Fsp3) is 0.0714. The second-order valence-corrected chi connectivity index (χ2v) is 4.05. The number of rotatable bonds is 3. The second kappa shape index (κ2) is 5.74. The number of hydroxylamine groups is 1. The fourth-order valence-electron chi connectivity index (χ4n) is 1.67. The Hall–Kier alpha value is -2.70. The quantitative estimate of drug-likeness (QED) is 0.880. The van der Waals surface area contributed by atoms with Gasteiger partial charge in [-0.25, -0.2) is 4.79 Å². The average molecular weight is 296 g/mol. The summed E-state index contributed by atoms with van der Waals surface area (Å²) in [6.07, 6.45) is -4.60. The first-order chi connectivity index (χ1) is 9.89. The van der Waals surface area contributed by atoms with E-state index in [0.29, 0.717) is 5.06 Å². The molecule has 0 radical (unpaired) electrons. The van der Waals surface area contributed by atoms with E-state index in [9.17, 15) is 18.0 Å². The number of para-hydroxylation sites is 2. The summed E-state index contributed by atoms with van der Waals surface area (Å²) < 4.78 is 38.7. The van der Waals surface area contributed by atoms with Crippen molar-refractivity contribution >= 4 is 11.7 Å². The minimum atomic E-state index is -4.60. The van der Waals surface area contributed by atoms with Gasteiger partial charge in [0.15, 0.2) is 5.75 Å². The van der Waals surface area contributed by atoms with Crippen molar-refractivity contribution in [1.29, 1.82) is 0 Å². The minimum absolute atomic E-state index is 0.224. The van der Waals surface area contributed by atoms with Crippen LogP contribution >= 0.6 is 0 Å². The summed E-state index contributed by atoms with van der Waals surface area (Å²) in [6.45, 7) is 0. The van der Waals surface area contributed by atoms with Crippen molar-refractivity contribution in [3.8, 4) is 5.75 Å². The number of carbonyl (C=O) groups excluding carboxylic acids is 1. The number of hydrogen-bond acceptors (Lipinski definition) is 2. The number of alkyl halides is 3. The Labute approximate surface area is 118 Å². The van der Waals surface area contributed by atoms with E-state index >= 15 is 0 Å². The van der Waals surface area contributed by atoms with Crippen molar-refractivity contribution in [2.45, 2.75) is 6.18 Å². The molecule has 0 bridgehead atoms. The van der Waals surface area contributed by atoms with E-state index < -0.39 is 23.5 Å². The maximum atomic E-state index is 12.9. The highest BCUT2D eigenvalue weighted by atomic mass is 19.4. The van der Waals surface area contributed by atoms with Crippen molar-refractivity contribution in [2.75, 3.05) is 5.06 Å². The summed E-state index contributed by atoms with van der Waals surface area (Å²) in [5, 5.41) is 0.602. The SMILES string of the molecule is NC(=O)N(Oc1ccccc1C(F)(F)F)c1ccccc1. The molecule has 0 aliphatic heterocycles. The molecule has 110 valence electrons. The molecule has 21 heavy (non-hydrogen) atoms. The van der Waals surface area contributed by atoms with Gasteiger partial charge in [0.1, 0.15) is 5.56 Å². The van der Waals surface area contributed by atoms with Crippen LogP contribution in [0.2, 0.25) is 0 Å². The highest BCUT2D eigenvalue weighted by molar-refractivity contribution is 5.88. The standard InChI is InChI=1S/C14H11F3N2O2/c15-14(16,17)11-8-4-5-9-12(11)21-19(13(18)20)10-6-2-1-3-7-10/h1-9H,(H2,18,20). The number of carbonyl (C=O) groups is 1. The first-order valence-corrected chi connectivity index (χ1v) is 5.88. The van der Waals surface area contributed by atoms with Gasteiger partial charge in [-0.3, -0.25) is 0 Å². The van der Waals surface area contributed by atoms with Gasteiger partial charge in [-0.2, -0.15) is 13.2 Å². The Morgan fingerprint density at radius 2 is 1.57 bits per heavy atom. The monoisotopic (exact) mass is 296 g/mol. The molecule has 0 spiro atoms. The molecule has 0 saturated heterocycles. The number of amides is 2. The highest BCUT2D eigenvalue weighted by Crippen LogP contribution is 2.36. The third kappa shape index (κ3) is 3.44. The first kappa shape index (κ1) is 14.7. The van der Waals surface area contributed by atoms with E-state index in [0.717, 1.165) is 12.1 Å². The summed E-state index contributed by atoms with van der Waals surface area (Å²) >= 11 is 0.